The van der Waals surface area contributed by atoms with Crippen LogP contribution in [0, 0.1) is 0 Å². The minimum atomic E-state index is -0.860. The van der Waals surface area contributed by atoms with Crippen LogP contribution in [0.5, 0.6) is 5.75 Å². The van der Waals surface area contributed by atoms with Crippen molar-refractivity contribution in [1.29, 1.82) is 0 Å². The first-order valence-corrected chi connectivity index (χ1v) is 7.93. The number of ether oxygens (including phenoxy) is 4. The molecule has 0 bridgehead atoms. The molecule has 1 rings (SSSR count). The molecule has 0 saturated carbocycles. The molecule has 0 saturated heterocycles. The van der Waals surface area contributed by atoms with Crippen molar-refractivity contribution in [3.05, 3.63) is 29.8 Å². The molecule has 0 aromatic heterocycles. The summed E-state index contributed by atoms with van der Waals surface area (Å²) in [6, 6.07) is 6.81. The normalized spacial score (nSPS) is 12.1. The molecule has 1 unspecified atom stereocenters. The molecule has 7 heteroatoms. The van der Waals surface area contributed by atoms with Crippen molar-refractivity contribution in [1.82, 2.24) is 5.32 Å². The monoisotopic (exact) mass is 341 g/mol. The SMILES string of the molecule is CNC(Cc1ccc(OCCOCCOCCOC)cc1)C(=O)O. The maximum atomic E-state index is 11.0. The standard InChI is InChI=1S/C17H27NO6/c1-18-16(17(19)20)13-14-3-5-15(6-4-14)24-12-11-23-10-9-22-8-7-21-2/h3-6,16,18H,7-13H2,1-2H3,(H,19,20). The van der Waals surface area contributed by atoms with Crippen LogP contribution in [-0.4, -0.2) is 70.9 Å². The lowest BCUT2D eigenvalue weighted by molar-refractivity contribution is -0.139. The van der Waals surface area contributed by atoms with Gasteiger partial charge in [-0.25, -0.2) is 0 Å². The summed E-state index contributed by atoms with van der Waals surface area (Å²) in [5.74, 6) is -0.129. The van der Waals surface area contributed by atoms with Crippen molar-refractivity contribution in [2.45, 2.75) is 12.5 Å². The van der Waals surface area contributed by atoms with Crippen molar-refractivity contribution < 1.29 is 28.8 Å². The van der Waals surface area contributed by atoms with Crippen LogP contribution < -0.4 is 10.1 Å². The van der Waals surface area contributed by atoms with E-state index in [1.807, 2.05) is 24.3 Å². The summed E-state index contributed by atoms with van der Waals surface area (Å²) in [4.78, 5) is 11.0. The summed E-state index contributed by atoms with van der Waals surface area (Å²) in [7, 11) is 3.27. The van der Waals surface area contributed by atoms with Crippen LogP contribution in [0.15, 0.2) is 24.3 Å². The summed E-state index contributed by atoms with van der Waals surface area (Å²) < 4.78 is 21.1. The quantitative estimate of drug-likeness (QED) is 0.487. The van der Waals surface area contributed by atoms with Crippen molar-refractivity contribution >= 4 is 5.97 Å². The molecule has 136 valence electrons. The highest BCUT2D eigenvalue weighted by Crippen LogP contribution is 2.13. The van der Waals surface area contributed by atoms with Gasteiger partial charge in [0.2, 0.25) is 0 Å². The number of benzene rings is 1. The molecule has 1 atom stereocenters. The van der Waals surface area contributed by atoms with Gasteiger partial charge >= 0.3 is 5.97 Å². The highest BCUT2D eigenvalue weighted by Gasteiger charge is 2.14. The van der Waals surface area contributed by atoms with Crippen LogP contribution in [0.3, 0.4) is 0 Å². The molecule has 24 heavy (non-hydrogen) atoms. The minimum absolute atomic E-state index is 0.429. The summed E-state index contributed by atoms with van der Waals surface area (Å²) in [6.07, 6.45) is 0.429. The first-order valence-electron chi connectivity index (χ1n) is 7.93. The topological polar surface area (TPSA) is 86.3 Å². The third-order valence-electron chi connectivity index (χ3n) is 3.31. The zero-order valence-corrected chi connectivity index (χ0v) is 14.3. The Morgan fingerprint density at radius 1 is 1.04 bits per heavy atom. The maximum absolute atomic E-state index is 11.0. The van der Waals surface area contributed by atoms with Crippen LogP contribution in [0.4, 0.5) is 0 Å². The highest BCUT2D eigenvalue weighted by atomic mass is 16.6. The number of carbonyl (C=O) groups is 1. The number of methoxy groups -OCH3 is 1. The lowest BCUT2D eigenvalue weighted by Gasteiger charge is -2.12. The number of rotatable bonds is 14. The van der Waals surface area contributed by atoms with Crippen molar-refractivity contribution in [2.75, 3.05) is 53.8 Å². The van der Waals surface area contributed by atoms with Crippen LogP contribution in [0.1, 0.15) is 5.56 Å². The first-order chi connectivity index (χ1) is 11.7. The average Bonchev–Trinajstić information content (AvgIpc) is 2.59. The smallest absolute Gasteiger partial charge is 0.321 e. The van der Waals surface area contributed by atoms with E-state index in [-0.39, 0.29) is 0 Å². The third kappa shape index (κ3) is 8.83. The molecule has 0 amide bonds. The minimum Gasteiger partial charge on any atom is -0.491 e. The van der Waals surface area contributed by atoms with E-state index in [9.17, 15) is 4.79 Å². The Morgan fingerprint density at radius 3 is 2.17 bits per heavy atom. The van der Waals surface area contributed by atoms with Crippen LogP contribution in [-0.2, 0) is 25.4 Å². The number of nitrogens with one attached hydrogen (secondary N) is 1. The Bertz CT molecular complexity index is 451. The second kappa shape index (κ2) is 12.7. The molecule has 1 aromatic carbocycles. The van der Waals surface area contributed by atoms with Crippen LogP contribution in [0.25, 0.3) is 0 Å². The number of hydrogen-bond acceptors (Lipinski definition) is 6. The van der Waals surface area contributed by atoms with E-state index in [0.717, 1.165) is 11.3 Å². The molecule has 7 nitrogen and oxygen atoms in total. The van der Waals surface area contributed by atoms with Gasteiger partial charge in [0.05, 0.1) is 33.0 Å². The van der Waals surface area contributed by atoms with Crippen molar-refractivity contribution in [2.24, 2.45) is 0 Å². The fourth-order valence-corrected chi connectivity index (χ4v) is 1.95. The van der Waals surface area contributed by atoms with E-state index in [1.165, 1.54) is 0 Å². The second-order valence-electron chi connectivity index (χ2n) is 5.09. The molecular formula is C17H27NO6. The van der Waals surface area contributed by atoms with E-state index in [4.69, 9.17) is 24.1 Å². The van der Waals surface area contributed by atoms with E-state index < -0.39 is 12.0 Å². The van der Waals surface area contributed by atoms with Gasteiger partial charge in [0.15, 0.2) is 0 Å². The molecule has 0 aliphatic heterocycles. The van der Waals surface area contributed by atoms with Crippen LogP contribution >= 0.6 is 0 Å². The number of carboxylic acids is 1. The Hall–Kier alpha value is -1.67. The van der Waals surface area contributed by atoms with Gasteiger partial charge in [0, 0.05) is 7.11 Å². The third-order valence-corrected chi connectivity index (χ3v) is 3.31. The highest BCUT2D eigenvalue weighted by molar-refractivity contribution is 5.73. The molecule has 0 aliphatic rings. The van der Waals surface area contributed by atoms with E-state index >= 15 is 0 Å². The van der Waals surface area contributed by atoms with Gasteiger partial charge in [-0.3, -0.25) is 4.79 Å². The summed E-state index contributed by atoms with van der Waals surface area (Å²) in [5, 5.41) is 11.8. The van der Waals surface area contributed by atoms with Crippen LogP contribution in [0.2, 0.25) is 0 Å². The van der Waals surface area contributed by atoms with Gasteiger partial charge < -0.3 is 29.4 Å². The fourth-order valence-electron chi connectivity index (χ4n) is 1.95. The Labute approximate surface area is 142 Å². The second-order valence-corrected chi connectivity index (χ2v) is 5.09. The maximum Gasteiger partial charge on any atom is 0.321 e. The largest absolute Gasteiger partial charge is 0.491 e. The number of carboxylic acid groups (broad SMARTS) is 1. The lowest BCUT2D eigenvalue weighted by atomic mass is 10.1. The molecule has 1 aromatic rings. The van der Waals surface area contributed by atoms with E-state index in [1.54, 1.807) is 14.2 Å². The first kappa shape index (κ1) is 20.4. The van der Waals surface area contributed by atoms with Gasteiger partial charge in [-0.2, -0.15) is 0 Å². The predicted molar refractivity (Wildman–Crippen MR) is 89.6 cm³/mol. The summed E-state index contributed by atoms with van der Waals surface area (Å²) in [5.41, 5.74) is 0.938. The van der Waals surface area contributed by atoms with Gasteiger partial charge in [0.1, 0.15) is 18.4 Å². The summed E-state index contributed by atoms with van der Waals surface area (Å²) >= 11 is 0. The van der Waals surface area contributed by atoms with E-state index in [0.29, 0.717) is 46.1 Å². The number of likely N-dealkylation sites (N-methyl/N-ethyl adjacent to an activating group) is 1. The molecule has 0 heterocycles. The molecule has 0 spiro atoms. The molecule has 0 radical (unpaired) electrons. The lowest BCUT2D eigenvalue weighted by Crippen LogP contribution is -2.35. The van der Waals surface area contributed by atoms with Gasteiger partial charge in [-0.1, -0.05) is 12.1 Å². The van der Waals surface area contributed by atoms with Crippen molar-refractivity contribution in [3.8, 4) is 5.75 Å². The Morgan fingerprint density at radius 2 is 1.62 bits per heavy atom. The molecule has 0 fully saturated rings. The average molecular weight is 341 g/mol. The summed E-state index contributed by atoms with van der Waals surface area (Å²) in [6.45, 7) is 3.14. The zero-order chi connectivity index (χ0) is 17.6. The number of hydrogen-bond donors (Lipinski definition) is 2. The predicted octanol–water partition coefficient (Wildman–Crippen LogP) is 0.960. The molecular weight excluding hydrogens is 314 g/mol. The van der Waals surface area contributed by atoms with Gasteiger partial charge in [-0.05, 0) is 31.2 Å². The molecule has 0 aliphatic carbocycles. The van der Waals surface area contributed by atoms with Gasteiger partial charge in [0.25, 0.3) is 0 Å². The fraction of sp³-hybridized carbons (Fsp3) is 0.588. The Kier molecular flexibility index (Phi) is 10.8. The number of aliphatic carboxylic acids is 1. The van der Waals surface area contributed by atoms with Gasteiger partial charge in [-0.15, -0.1) is 0 Å². The van der Waals surface area contributed by atoms with Crippen molar-refractivity contribution in [3.63, 3.8) is 0 Å². The van der Waals surface area contributed by atoms with E-state index in [2.05, 4.69) is 5.32 Å². The molecule has 2 N–H and O–H groups in total. The zero-order valence-electron chi connectivity index (χ0n) is 14.3. The Balaban J connectivity index is 2.15.